The van der Waals surface area contributed by atoms with Crippen LogP contribution in [0.2, 0.25) is 0 Å². The maximum Gasteiger partial charge on any atom is 0.193 e. The maximum atomic E-state index is 5.96. The molecule has 1 heterocycles. The van der Waals surface area contributed by atoms with Gasteiger partial charge in [-0.2, -0.15) is 11.8 Å². The summed E-state index contributed by atoms with van der Waals surface area (Å²) in [7, 11) is 0. The quantitative estimate of drug-likeness (QED) is 0.455. The van der Waals surface area contributed by atoms with E-state index in [9.17, 15) is 0 Å². The van der Waals surface area contributed by atoms with Crippen molar-refractivity contribution in [2.45, 2.75) is 38.4 Å². The monoisotopic (exact) mass is 405 g/mol. The van der Waals surface area contributed by atoms with E-state index in [1.807, 2.05) is 17.8 Å². The number of benzene rings is 1. The van der Waals surface area contributed by atoms with E-state index in [1.54, 1.807) is 0 Å². The summed E-state index contributed by atoms with van der Waals surface area (Å²) >= 11 is 2.01. The molecule has 5 heteroatoms. The summed E-state index contributed by atoms with van der Waals surface area (Å²) in [5.74, 6) is 1.76. The maximum absolute atomic E-state index is 5.96. The van der Waals surface area contributed by atoms with Gasteiger partial charge < -0.3 is 11.1 Å². The summed E-state index contributed by atoms with van der Waals surface area (Å²) in [6, 6.07) is 6.24. The van der Waals surface area contributed by atoms with Crippen LogP contribution in [0.25, 0.3) is 0 Å². The van der Waals surface area contributed by atoms with E-state index in [4.69, 9.17) is 5.73 Å². The predicted octanol–water partition coefficient (Wildman–Crippen LogP) is 3.93. The first-order chi connectivity index (χ1) is 8.98. The van der Waals surface area contributed by atoms with E-state index in [2.05, 4.69) is 43.2 Å². The molecule has 1 aliphatic rings. The lowest BCUT2D eigenvalue weighted by atomic mass is 10.1. The molecular formula is C15H24IN3S. The number of guanidine groups is 1. The van der Waals surface area contributed by atoms with Gasteiger partial charge in [-0.25, -0.2) is 0 Å². The smallest absolute Gasteiger partial charge is 0.193 e. The van der Waals surface area contributed by atoms with Crippen LogP contribution in [-0.4, -0.2) is 23.0 Å². The highest BCUT2D eigenvalue weighted by Gasteiger charge is 2.28. The molecule has 3 N–H and O–H groups in total. The Morgan fingerprint density at radius 1 is 1.40 bits per heavy atom. The van der Waals surface area contributed by atoms with Gasteiger partial charge in [-0.15, -0.1) is 24.0 Å². The van der Waals surface area contributed by atoms with Gasteiger partial charge in [0.15, 0.2) is 5.96 Å². The van der Waals surface area contributed by atoms with Gasteiger partial charge in [0.2, 0.25) is 0 Å². The summed E-state index contributed by atoms with van der Waals surface area (Å²) in [6.45, 7) is 7.28. The molecule has 0 spiro atoms. The summed E-state index contributed by atoms with van der Waals surface area (Å²) < 4.78 is 0.273. The number of rotatable bonds is 3. The van der Waals surface area contributed by atoms with Gasteiger partial charge in [0.25, 0.3) is 0 Å². The number of nitrogens with zero attached hydrogens (tertiary/aromatic N) is 1. The predicted molar refractivity (Wildman–Crippen MR) is 102 cm³/mol. The van der Waals surface area contributed by atoms with Crippen molar-refractivity contribution in [1.82, 2.24) is 0 Å². The fourth-order valence-corrected chi connectivity index (χ4v) is 3.45. The molecule has 20 heavy (non-hydrogen) atoms. The summed E-state index contributed by atoms with van der Waals surface area (Å²) in [4.78, 5) is 4.49. The summed E-state index contributed by atoms with van der Waals surface area (Å²) in [6.07, 6.45) is 2.53. The van der Waals surface area contributed by atoms with Crippen LogP contribution >= 0.6 is 35.7 Å². The zero-order valence-corrected chi connectivity index (χ0v) is 15.5. The van der Waals surface area contributed by atoms with Gasteiger partial charge in [0.1, 0.15) is 0 Å². The molecule has 0 saturated carbocycles. The second kappa shape index (κ2) is 7.54. The Bertz CT molecular complexity index is 482. The first-order valence-electron chi connectivity index (χ1n) is 6.77. The molecule has 0 aromatic heterocycles. The standard InChI is InChI=1S/C15H23N3S.HI/c1-11-5-6-13(9-12(11)2)18-14(16)17-10-15(3)7-4-8-19-15;/h5-6,9H,4,7-8,10H2,1-3H3,(H3,16,17,18);1H. The minimum absolute atomic E-state index is 0. The van der Waals surface area contributed by atoms with Crippen molar-refractivity contribution in [3.63, 3.8) is 0 Å². The van der Waals surface area contributed by atoms with Crippen LogP contribution in [0.1, 0.15) is 30.9 Å². The molecule has 1 aliphatic heterocycles. The van der Waals surface area contributed by atoms with Crippen molar-refractivity contribution in [2.75, 3.05) is 17.6 Å². The van der Waals surface area contributed by atoms with Gasteiger partial charge in [-0.05, 0) is 62.6 Å². The summed E-state index contributed by atoms with van der Waals surface area (Å²) in [5.41, 5.74) is 9.52. The lowest BCUT2D eigenvalue weighted by Gasteiger charge is -2.20. The Morgan fingerprint density at radius 2 is 2.15 bits per heavy atom. The van der Waals surface area contributed by atoms with Crippen molar-refractivity contribution >= 4 is 47.4 Å². The molecule has 0 aliphatic carbocycles. The molecule has 1 fully saturated rings. The van der Waals surface area contributed by atoms with Gasteiger partial charge in [0, 0.05) is 10.4 Å². The normalized spacial score (nSPS) is 22.4. The van der Waals surface area contributed by atoms with Crippen molar-refractivity contribution in [2.24, 2.45) is 10.7 Å². The number of thioether (sulfide) groups is 1. The average Bonchev–Trinajstić information content (AvgIpc) is 2.79. The number of hydrogen-bond donors (Lipinski definition) is 2. The third kappa shape index (κ3) is 4.84. The topological polar surface area (TPSA) is 50.4 Å². The molecule has 1 aromatic rings. The van der Waals surface area contributed by atoms with Crippen LogP contribution in [-0.2, 0) is 0 Å². The molecule has 1 aromatic carbocycles. The molecular weight excluding hydrogens is 381 g/mol. The van der Waals surface area contributed by atoms with Crippen LogP contribution in [0.5, 0.6) is 0 Å². The zero-order chi connectivity index (χ0) is 13.9. The van der Waals surface area contributed by atoms with E-state index in [1.165, 1.54) is 29.7 Å². The van der Waals surface area contributed by atoms with Crippen molar-refractivity contribution in [3.05, 3.63) is 29.3 Å². The Kier molecular flexibility index (Phi) is 6.64. The van der Waals surface area contributed by atoms with Crippen LogP contribution in [0.4, 0.5) is 5.69 Å². The highest BCUT2D eigenvalue weighted by atomic mass is 127. The third-order valence-corrected chi connectivity index (χ3v) is 5.19. The molecule has 1 atom stereocenters. The van der Waals surface area contributed by atoms with Crippen LogP contribution in [0.3, 0.4) is 0 Å². The fraction of sp³-hybridized carbons (Fsp3) is 0.533. The minimum atomic E-state index is 0. The van der Waals surface area contributed by atoms with Crippen molar-refractivity contribution in [1.29, 1.82) is 0 Å². The highest BCUT2D eigenvalue weighted by Crippen LogP contribution is 2.37. The Labute approximate surface area is 143 Å². The molecule has 1 saturated heterocycles. The minimum Gasteiger partial charge on any atom is -0.370 e. The fourth-order valence-electron chi connectivity index (χ4n) is 2.22. The number of hydrogen-bond acceptors (Lipinski definition) is 2. The second-order valence-corrected chi connectivity index (χ2v) is 7.21. The molecule has 3 nitrogen and oxygen atoms in total. The molecule has 112 valence electrons. The second-order valence-electron chi connectivity index (χ2n) is 5.53. The first-order valence-corrected chi connectivity index (χ1v) is 7.75. The van der Waals surface area contributed by atoms with Crippen molar-refractivity contribution < 1.29 is 0 Å². The SMILES string of the molecule is Cc1ccc(NC(N)=NCC2(C)CCCS2)cc1C.I. The Morgan fingerprint density at radius 3 is 2.75 bits per heavy atom. The lowest BCUT2D eigenvalue weighted by molar-refractivity contribution is 0.619. The molecule has 2 rings (SSSR count). The first kappa shape index (κ1) is 17.6. The highest BCUT2D eigenvalue weighted by molar-refractivity contribution is 14.0. The van der Waals surface area contributed by atoms with E-state index < -0.39 is 0 Å². The Hall–Kier alpha value is -0.430. The zero-order valence-electron chi connectivity index (χ0n) is 12.4. The lowest BCUT2D eigenvalue weighted by Crippen LogP contribution is -2.27. The Balaban J connectivity index is 0.00000200. The number of aryl methyl sites for hydroxylation is 2. The molecule has 0 radical (unpaired) electrons. The van der Waals surface area contributed by atoms with Gasteiger partial charge >= 0.3 is 0 Å². The number of anilines is 1. The van der Waals surface area contributed by atoms with Crippen LogP contribution in [0, 0.1) is 13.8 Å². The van der Waals surface area contributed by atoms with Gasteiger partial charge in [0.05, 0.1) is 6.54 Å². The van der Waals surface area contributed by atoms with Gasteiger partial charge in [-0.1, -0.05) is 6.07 Å². The van der Waals surface area contributed by atoms with Gasteiger partial charge in [-0.3, -0.25) is 4.99 Å². The number of nitrogens with one attached hydrogen (secondary N) is 1. The van der Waals surface area contributed by atoms with Crippen LogP contribution < -0.4 is 11.1 Å². The van der Waals surface area contributed by atoms with Crippen molar-refractivity contribution in [3.8, 4) is 0 Å². The average molecular weight is 405 g/mol. The molecule has 0 bridgehead atoms. The van der Waals surface area contributed by atoms with E-state index in [0.717, 1.165) is 12.2 Å². The molecule has 1 unspecified atom stereocenters. The van der Waals surface area contributed by atoms with Crippen LogP contribution in [0.15, 0.2) is 23.2 Å². The molecule has 0 amide bonds. The number of halogens is 1. The van der Waals surface area contributed by atoms with E-state index >= 15 is 0 Å². The number of nitrogens with two attached hydrogens (primary N) is 1. The summed E-state index contributed by atoms with van der Waals surface area (Å²) in [5, 5.41) is 3.17. The largest absolute Gasteiger partial charge is 0.370 e. The number of aliphatic imine (C=N–C) groups is 1. The third-order valence-electron chi connectivity index (χ3n) is 3.66. The van der Waals surface area contributed by atoms with E-state index in [-0.39, 0.29) is 28.7 Å². The van der Waals surface area contributed by atoms with E-state index in [0.29, 0.717) is 5.96 Å².